The van der Waals surface area contributed by atoms with Crippen molar-refractivity contribution in [3.05, 3.63) is 32.1 Å². The Morgan fingerprint density at radius 1 is 1.39 bits per heavy atom. The van der Waals surface area contributed by atoms with Crippen molar-refractivity contribution in [2.24, 2.45) is 0 Å². The van der Waals surface area contributed by atoms with Gasteiger partial charge in [0.1, 0.15) is 30.1 Å². The summed E-state index contributed by atoms with van der Waals surface area (Å²) in [5, 5.41) is -0.180. The highest BCUT2D eigenvalue weighted by atomic mass is 35.5. The SMILES string of the molecule is CC(=O)OCC1OC(n2cc(Cl)c(=O)[nH]c2=O)CC1OC(C)=O. The Labute approximate surface area is 135 Å². The maximum atomic E-state index is 11.9. The summed E-state index contributed by atoms with van der Waals surface area (Å²) in [7, 11) is 0. The molecule has 3 unspecified atom stereocenters. The lowest BCUT2D eigenvalue weighted by atomic mass is 10.2. The molecule has 3 atom stereocenters. The fourth-order valence-electron chi connectivity index (χ4n) is 2.23. The first-order valence-electron chi connectivity index (χ1n) is 6.75. The molecule has 0 bridgehead atoms. The van der Waals surface area contributed by atoms with Crippen molar-refractivity contribution in [1.82, 2.24) is 9.55 Å². The van der Waals surface area contributed by atoms with E-state index in [4.69, 9.17) is 25.8 Å². The number of esters is 2. The fraction of sp³-hybridized carbons (Fsp3) is 0.538. The summed E-state index contributed by atoms with van der Waals surface area (Å²) in [5.74, 6) is -1.04. The number of carbonyl (C=O) groups is 2. The number of ether oxygens (including phenoxy) is 3. The summed E-state index contributed by atoms with van der Waals surface area (Å²) in [5.41, 5.74) is -1.42. The molecular formula is C13H15ClN2O7. The van der Waals surface area contributed by atoms with Crippen molar-refractivity contribution in [3.8, 4) is 0 Å². The molecule has 1 aliphatic rings. The van der Waals surface area contributed by atoms with Crippen molar-refractivity contribution in [2.75, 3.05) is 6.61 Å². The van der Waals surface area contributed by atoms with Gasteiger partial charge in [-0.25, -0.2) is 4.79 Å². The van der Waals surface area contributed by atoms with E-state index < -0.39 is 41.6 Å². The Kier molecular flexibility index (Phi) is 5.22. The number of nitrogens with zero attached hydrogens (tertiary/aromatic N) is 1. The van der Waals surface area contributed by atoms with Gasteiger partial charge in [0.2, 0.25) is 0 Å². The van der Waals surface area contributed by atoms with Crippen molar-refractivity contribution >= 4 is 23.5 Å². The lowest BCUT2D eigenvalue weighted by Gasteiger charge is -2.17. The molecule has 1 aromatic heterocycles. The van der Waals surface area contributed by atoms with Crippen molar-refractivity contribution in [1.29, 1.82) is 0 Å². The van der Waals surface area contributed by atoms with E-state index in [2.05, 4.69) is 4.98 Å². The van der Waals surface area contributed by atoms with Crippen LogP contribution in [0.2, 0.25) is 5.02 Å². The van der Waals surface area contributed by atoms with Crippen LogP contribution in [0.1, 0.15) is 26.5 Å². The number of hydrogen-bond acceptors (Lipinski definition) is 7. The molecule has 0 spiro atoms. The van der Waals surface area contributed by atoms with Crippen LogP contribution in [0.4, 0.5) is 0 Å². The predicted molar refractivity (Wildman–Crippen MR) is 77.0 cm³/mol. The molecule has 9 nitrogen and oxygen atoms in total. The summed E-state index contributed by atoms with van der Waals surface area (Å²) >= 11 is 5.71. The molecule has 23 heavy (non-hydrogen) atoms. The van der Waals surface area contributed by atoms with E-state index in [0.717, 1.165) is 10.8 Å². The third kappa shape index (κ3) is 4.20. The smallest absolute Gasteiger partial charge is 0.330 e. The van der Waals surface area contributed by atoms with Crippen LogP contribution >= 0.6 is 11.6 Å². The molecule has 1 aromatic rings. The van der Waals surface area contributed by atoms with E-state index >= 15 is 0 Å². The lowest BCUT2D eigenvalue weighted by Crippen LogP contribution is -2.32. The standard InChI is InChI=1S/C13H15ClN2O7/c1-6(17)21-5-10-9(22-7(2)18)3-11(23-10)16-4-8(14)12(19)15-13(16)20/h4,9-11H,3,5H2,1-2H3,(H,15,19,20). The number of nitrogens with one attached hydrogen (secondary N) is 1. The first-order chi connectivity index (χ1) is 10.8. The van der Waals surface area contributed by atoms with Crippen LogP contribution in [-0.2, 0) is 23.8 Å². The molecule has 0 radical (unpaired) electrons. The predicted octanol–water partition coefficient (Wildman–Crippen LogP) is -0.0277. The Bertz CT molecular complexity index is 726. The van der Waals surface area contributed by atoms with Crippen LogP contribution in [-0.4, -0.2) is 40.3 Å². The Balaban J connectivity index is 2.23. The van der Waals surface area contributed by atoms with Gasteiger partial charge < -0.3 is 14.2 Å². The highest BCUT2D eigenvalue weighted by molar-refractivity contribution is 6.30. The maximum absolute atomic E-state index is 11.9. The van der Waals surface area contributed by atoms with E-state index in [0.29, 0.717) is 0 Å². The molecule has 1 N–H and O–H groups in total. The first kappa shape index (κ1) is 17.2. The molecule has 1 aliphatic heterocycles. The summed E-state index contributed by atoms with van der Waals surface area (Å²) < 4.78 is 16.7. The highest BCUT2D eigenvalue weighted by Crippen LogP contribution is 2.30. The van der Waals surface area contributed by atoms with Crippen LogP contribution in [0.3, 0.4) is 0 Å². The second-order valence-electron chi connectivity index (χ2n) is 4.96. The first-order valence-corrected chi connectivity index (χ1v) is 7.12. The summed E-state index contributed by atoms with van der Waals surface area (Å²) in [6, 6.07) is 0. The molecule has 2 rings (SSSR count). The second-order valence-corrected chi connectivity index (χ2v) is 5.37. The molecule has 2 heterocycles. The van der Waals surface area contributed by atoms with Gasteiger partial charge in [-0.2, -0.15) is 0 Å². The molecule has 0 saturated carbocycles. The molecule has 1 fully saturated rings. The van der Waals surface area contributed by atoms with Crippen molar-refractivity contribution < 1.29 is 23.8 Å². The summed E-state index contributed by atoms with van der Waals surface area (Å²) in [6.07, 6.45) is -0.957. The maximum Gasteiger partial charge on any atom is 0.330 e. The van der Waals surface area contributed by atoms with Crippen molar-refractivity contribution in [2.45, 2.75) is 38.7 Å². The molecule has 0 aromatic carbocycles. The fourth-order valence-corrected chi connectivity index (χ4v) is 2.38. The van der Waals surface area contributed by atoms with E-state index in [9.17, 15) is 19.2 Å². The van der Waals surface area contributed by atoms with E-state index in [1.54, 1.807) is 0 Å². The Morgan fingerprint density at radius 2 is 2.09 bits per heavy atom. The minimum atomic E-state index is -0.818. The monoisotopic (exact) mass is 346 g/mol. The molecule has 1 saturated heterocycles. The topological polar surface area (TPSA) is 117 Å². The van der Waals surface area contributed by atoms with Gasteiger partial charge in [0.05, 0.1) is 0 Å². The minimum absolute atomic E-state index is 0.129. The number of rotatable bonds is 4. The number of aromatic amines is 1. The van der Waals surface area contributed by atoms with Crippen LogP contribution in [0, 0.1) is 0 Å². The van der Waals surface area contributed by atoms with Crippen LogP contribution in [0.25, 0.3) is 0 Å². The zero-order valence-electron chi connectivity index (χ0n) is 12.4. The van der Waals surface area contributed by atoms with Crippen molar-refractivity contribution in [3.63, 3.8) is 0 Å². The Hall–Kier alpha value is -2.13. The number of hydrogen-bond donors (Lipinski definition) is 1. The van der Waals surface area contributed by atoms with Gasteiger partial charge in [0, 0.05) is 26.5 Å². The third-order valence-corrected chi connectivity index (χ3v) is 3.45. The summed E-state index contributed by atoms with van der Waals surface area (Å²) in [4.78, 5) is 47.3. The number of carbonyl (C=O) groups excluding carboxylic acids is 2. The van der Waals surface area contributed by atoms with Crippen LogP contribution in [0.5, 0.6) is 0 Å². The van der Waals surface area contributed by atoms with Crippen LogP contribution < -0.4 is 11.2 Å². The zero-order valence-corrected chi connectivity index (χ0v) is 13.2. The molecule has 0 amide bonds. The van der Waals surface area contributed by atoms with Gasteiger partial charge in [0.25, 0.3) is 5.56 Å². The van der Waals surface area contributed by atoms with E-state index in [1.807, 2.05) is 0 Å². The van der Waals surface area contributed by atoms with Gasteiger partial charge in [-0.05, 0) is 0 Å². The van der Waals surface area contributed by atoms with Crippen LogP contribution in [0.15, 0.2) is 15.8 Å². The third-order valence-electron chi connectivity index (χ3n) is 3.18. The molecule has 126 valence electrons. The normalized spacial score (nSPS) is 23.5. The van der Waals surface area contributed by atoms with Gasteiger partial charge in [-0.15, -0.1) is 0 Å². The van der Waals surface area contributed by atoms with Gasteiger partial charge in [-0.3, -0.25) is 23.9 Å². The molecule has 10 heteroatoms. The average Bonchev–Trinajstić information content (AvgIpc) is 2.82. The largest absolute Gasteiger partial charge is 0.463 e. The molecular weight excluding hydrogens is 332 g/mol. The van der Waals surface area contributed by atoms with Gasteiger partial charge >= 0.3 is 17.6 Å². The molecule has 0 aliphatic carbocycles. The summed E-state index contributed by atoms with van der Waals surface area (Å²) in [6.45, 7) is 2.34. The van der Waals surface area contributed by atoms with E-state index in [-0.39, 0.29) is 18.1 Å². The second kappa shape index (κ2) is 6.97. The number of halogens is 1. The highest BCUT2D eigenvalue weighted by Gasteiger charge is 2.39. The zero-order chi connectivity index (χ0) is 17.1. The number of aromatic nitrogens is 2. The van der Waals surface area contributed by atoms with E-state index in [1.165, 1.54) is 13.8 Å². The minimum Gasteiger partial charge on any atom is -0.463 e. The average molecular weight is 347 g/mol. The van der Waals surface area contributed by atoms with Gasteiger partial charge in [-0.1, -0.05) is 11.6 Å². The number of H-pyrrole nitrogens is 1. The quantitative estimate of drug-likeness (QED) is 0.761. The lowest BCUT2D eigenvalue weighted by molar-refractivity contribution is -0.155. The Morgan fingerprint density at radius 3 is 2.70 bits per heavy atom. The van der Waals surface area contributed by atoms with Gasteiger partial charge in [0.15, 0.2) is 0 Å².